The number of rotatable bonds is 11. The number of amides is 4. The second-order valence-electron chi connectivity index (χ2n) is 16.5. The van der Waals surface area contributed by atoms with E-state index in [-0.39, 0.29) is 48.4 Å². The van der Waals surface area contributed by atoms with Crippen LogP contribution in [0.5, 0.6) is 0 Å². The van der Waals surface area contributed by atoms with Gasteiger partial charge in [0.15, 0.2) is 5.79 Å². The highest BCUT2D eigenvalue weighted by Gasteiger charge is 2.55. The first-order chi connectivity index (χ1) is 28.2. The van der Waals surface area contributed by atoms with Crippen molar-refractivity contribution in [2.75, 3.05) is 20.2 Å². The molecule has 0 unspecified atom stereocenters. The lowest BCUT2D eigenvalue weighted by atomic mass is 10.0. The summed E-state index contributed by atoms with van der Waals surface area (Å²) in [6.45, 7) is 12.0. The van der Waals surface area contributed by atoms with Gasteiger partial charge in [0.25, 0.3) is 0 Å². The Hall–Kier alpha value is -5.74. The van der Waals surface area contributed by atoms with E-state index < -0.39 is 36.1 Å². The number of alkyl carbamates (subject to hydrolysis) is 1. The molecule has 314 valence electrons. The summed E-state index contributed by atoms with van der Waals surface area (Å²) in [5, 5.41) is 14.4. The molecule has 0 radical (unpaired) electrons. The fourth-order valence-electron chi connectivity index (χ4n) is 8.38. The molecule has 16 nitrogen and oxygen atoms in total. The maximum absolute atomic E-state index is 14.1. The highest BCUT2D eigenvalue weighted by Crippen LogP contribution is 2.45. The Morgan fingerprint density at radius 3 is 2.00 bits per heavy atom. The number of nitrogens with one attached hydrogen (secondary N) is 4. The van der Waals surface area contributed by atoms with E-state index in [4.69, 9.17) is 24.2 Å². The normalized spacial score (nSPS) is 22.3. The molecule has 3 saturated heterocycles. The number of carbonyl (C=O) groups is 4. The summed E-state index contributed by atoms with van der Waals surface area (Å²) in [6, 6.07) is 13.8. The zero-order chi connectivity index (χ0) is 42.2. The van der Waals surface area contributed by atoms with Gasteiger partial charge in [0.2, 0.25) is 11.8 Å². The van der Waals surface area contributed by atoms with Gasteiger partial charge in [0.1, 0.15) is 23.7 Å². The van der Waals surface area contributed by atoms with Crippen LogP contribution >= 0.6 is 0 Å². The molecule has 2 aromatic heterocycles. The molecule has 0 aliphatic carbocycles. The van der Waals surface area contributed by atoms with Crippen molar-refractivity contribution in [2.45, 2.75) is 103 Å². The molecule has 2 aromatic carbocycles. The fourth-order valence-corrected chi connectivity index (χ4v) is 8.38. The second kappa shape index (κ2) is 16.9. The van der Waals surface area contributed by atoms with Gasteiger partial charge in [-0.1, -0.05) is 76.2 Å². The fraction of sp³-hybridized carbons (Fsp3) is 0.488. The predicted octanol–water partition coefficient (Wildman–Crippen LogP) is 6.26. The Labute approximate surface area is 343 Å². The van der Waals surface area contributed by atoms with E-state index in [9.17, 15) is 24.3 Å². The first-order valence-electron chi connectivity index (χ1n) is 20.3. The summed E-state index contributed by atoms with van der Waals surface area (Å²) >= 11 is 0. The number of nitrogens with zero attached hydrogens (tertiary/aromatic N) is 4. The van der Waals surface area contributed by atoms with Crippen LogP contribution in [0.4, 0.5) is 9.59 Å². The maximum atomic E-state index is 14.1. The number of imidazole rings is 2. The van der Waals surface area contributed by atoms with Crippen molar-refractivity contribution in [3.63, 3.8) is 0 Å². The smallest absolute Gasteiger partial charge is 0.407 e. The number of benzene rings is 2. The van der Waals surface area contributed by atoms with E-state index >= 15 is 0 Å². The molecule has 1 spiro atoms. The van der Waals surface area contributed by atoms with Crippen molar-refractivity contribution in [1.82, 2.24) is 40.4 Å². The van der Waals surface area contributed by atoms with Crippen molar-refractivity contribution in [2.24, 2.45) is 11.8 Å². The van der Waals surface area contributed by atoms with Crippen molar-refractivity contribution >= 4 is 24.0 Å². The van der Waals surface area contributed by atoms with Crippen LogP contribution in [-0.4, -0.2) is 109 Å². The lowest BCUT2D eigenvalue weighted by Gasteiger charge is -2.30. The van der Waals surface area contributed by atoms with Gasteiger partial charge in [-0.05, 0) is 55.2 Å². The number of likely N-dealkylation sites (tertiary alicyclic amines) is 2. The maximum Gasteiger partial charge on any atom is 0.407 e. The minimum atomic E-state index is -1.22. The number of aromatic amines is 2. The Balaban J connectivity index is 1.05. The molecule has 3 fully saturated rings. The van der Waals surface area contributed by atoms with Crippen LogP contribution in [0.1, 0.15) is 84.5 Å². The summed E-state index contributed by atoms with van der Waals surface area (Å²) in [5.74, 6) is -0.635. The molecule has 6 atom stereocenters. The van der Waals surface area contributed by atoms with Gasteiger partial charge in [0.05, 0.1) is 55.5 Å². The largest absolute Gasteiger partial charge is 0.465 e. The summed E-state index contributed by atoms with van der Waals surface area (Å²) in [7, 11) is 1.27. The van der Waals surface area contributed by atoms with Crippen molar-refractivity contribution < 1.29 is 38.5 Å². The molecular formula is C43H54N8O8. The van der Waals surface area contributed by atoms with E-state index in [0.29, 0.717) is 24.6 Å². The monoisotopic (exact) mass is 810 g/mol. The van der Waals surface area contributed by atoms with E-state index in [0.717, 1.165) is 46.5 Å². The minimum Gasteiger partial charge on any atom is -0.465 e. The van der Waals surface area contributed by atoms with Gasteiger partial charge in [-0.2, -0.15) is 0 Å². The Morgan fingerprint density at radius 1 is 0.831 bits per heavy atom. The van der Waals surface area contributed by atoms with Crippen LogP contribution in [0.15, 0.2) is 60.9 Å². The molecule has 0 bridgehead atoms. The standard InChI is InChI=1S/C43H54N8O8/c1-23(2)35(48-41(54)55)39(52)50-18-8-9-33(50)37-44-20-31(46-37)29-14-10-27(11-15-29)28-12-16-30(17-13-28)32-21-45-38(47-32)34-19-43(58-25(5)26(6)59-43)22-51(34)40(53)36(24(3)4)49-42(56)57-7/h10-17,20-21,23-26,33-36,48H,8-9,18-19,22H2,1-7H3,(H,44,46)(H,45,47)(H,49,56)(H,54,55)/t25-,26-,33-,34-,35-,36-/m0/s1. The number of methoxy groups -OCH3 is 1. The molecule has 3 aliphatic heterocycles. The number of hydrogen-bond acceptors (Lipinski definition) is 9. The molecule has 4 amide bonds. The molecule has 16 heteroatoms. The number of hydrogen-bond donors (Lipinski definition) is 5. The van der Waals surface area contributed by atoms with Crippen LogP contribution in [0.2, 0.25) is 0 Å². The van der Waals surface area contributed by atoms with Gasteiger partial charge in [-0.3, -0.25) is 9.59 Å². The number of ether oxygens (including phenoxy) is 3. The van der Waals surface area contributed by atoms with Gasteiger partial charge >= 0.3 is 12.2 Å². The summed E-state index contributed by atoms with van der Waals surface area (Å²) in [6.07, 6.45) is 3.32. The average molecular weight is 811 g/mol. The predicted molar refractivity (Wildman–Crippen MR) is 218 cm³/mol. The molecule has 3 aliphatic rings. The number of H-pyrrole nitrogens is 2. The second-order valence-corrected chi connectivity index (χ2v) is 16.5. The highest BCUT2D eigenvalue weighted by molar-refractivity contribution is 5.87. The van der Waals surface area contributed by atoms with E-state index in [1.807, 2.05) is 96.3 Å². The minimum absolute atomic E-state index is 0.152. The zero-order valence-electron chi connectivity index (χ0n) is 34.5. The van der Waals surface area contributed by atoms with Crippen LogP contribution in [0, 0.1) is 11.8 Å². The molecule has 59 heavy (non-hydrogen) atoms. The average Bonchev–Trinajstić information content (AvgIpc) is 4.06. The Bertz CT molecular complexity index is 2140. The third-order valence-corrected chi connectivity index (χ3v) is 11.7. The van der Waals surface area contributed by atoms with Crippen molar-refractivity contribution in [3.8, 4) is 33.6 Å². The van der Waals surface area contributed by atoms with Crippen LogP contribution in [0.25, 0.3) is 33.6 Å². The van der Waals surface area contributed by atoms with Crippen LogP contribution in [0.3, 0.4) is 0 Å². The molecule has 5 heterocycles. The lowest BCUT2D eigenvalue weighted by Crippen LogP contribution is -2.52. The molecule has 0 saturated carbocycles. The molecule has 5 N–H and O–H groups in total. The van der Waals surface area contributed by atoms with Gasteiger partial charge in [0, 0.05) is 24.7 Å². The third-order valence-electron chi connectivity index (χ3n) is 11.7. The molecule has 7 rings (SSSR count). The van der Waals surface area contributed by atoms with E-state index in [2.05, 4.69) is 20.6 Å². The summed E-state index contributed by atoms with van der Waals surface area (Å²) in [4.78, 5) is 70.8. The van der Waals surface area contributed by atoms with Gasteiger partial charge in [-0.15, -0.1) is 0 Å². The quantitative estimate of drug-likeness (QED) is 0.115. The number of carbonyl (C=O) groups excluding carboxylic acids is 3. The highest BCUT2D eigenvalue weighted by atomic mass is 16.8. The number of carboxylic acid groups (broad SMARTS) is 1. The molecule has 4 aromatic rings. The van der Waals surface area contributed by atoms with Crippen LogP contribution in [-0.2, 0) is 23.8 Å². The van der Waals surface area contributed by atoms with Crippen LogP contribution < -0.4 is 10.6 Å². The van der Waals surface area contributed by atoms with E-state index in [1.54, 1.807) is 16.0 Å². The Morgan fingerprint density at radius 2 is 1.41 bits per heavy atom. The summed E-state index contributed by atoms with van der Waals surface area (Å²) < 4.78 is 17.5. The van der Waals surface area contributed by atoms with Gasteiger partial charge in [-0.25, -0.2) is 19.6 Å². The lowest BCUT2D eigenvalue weighted by molar-refractivity contribution is -0.166. The Kier molecular flexibility index (Phi) is 11.8. The van der Waals surface area contributed by atoms with E-state index in [1.165, 1.54) is 7.11 Å². The van der Waals surface area contributed by atoms with Gasteiger partial charge < -0.3 is 49.7 Å². The SMILES string of the molecule is COC(=O)N[C@H](C(=O)N1CC2(C[C@H]1c1ncc(-c3ccc(-c4ccc(-c5c[nH]c([C@@H]6CCCN6C(=O)[C@@H](NC(=O)O)C(C)C)n5)cc4)cc3)[nH]1)O[C@@H](C)[C@H](C)O2)C(C)C. The summed E-state index contributed by atoms with van der Waals surface area (Å²) in [5.41, 5.74) is 5.41. The first-order valence-corrected chi connectivity index (χ1v) is 20.3. The third kappa shape index (κ3) is 8.55. The number of aromatic nitrogens is 4. The van der Waals surface area contributed by atoms with Crippen molar-refractivity contribution in [1.29, 1.82) is 0 Å². The molecular weight excluding hydrogens is 757 g/mol. The van der Waals surface area contributed by atoms with Crippen molar-refractivity contribution in [3.05, 3.63) is 72.6 Å². The zero-order valence-corrected chi connectivity index (χ0v) is 34.5. The topological polar surface area (TPSA) is 204 Å². The first kappa shape index (κ1) is 41.4.